The van der Waals surface area contributed by atoms with E-state index < -0.39 is 28.0 Å². The minimum absolute atomic E-state index is 0.0354. The topological polar surface area (TPSA) is 102 Å². The van der Waals surface area contributed by atoms with Crippen molar-refractivity contribution in [2.75, 3.05) is 11.9 Å². The van der Waals surface area contributed by atoms with Crippen molar-refractivity contribution in [2.45, 2.75) is 44.1 Å². The molecule has 2 N–H and O–H groups in total. The summed E-state index contributed by atoms with van der Waals surface area (Å²) in [5.74, 6) is 1.25. The van der Waals surface area contributed by atoms with Gasteiger partial charge in [-0.1, -0.05) is 38.0 Å². The maximum Gasteiger partial charge on any atom is 0.338 e. The van der Waals surface area contributed by atoms with Gasteiger partial charge in [-0.15, -0.1) is 6.42 Å². The first-order valence-electron chi connectivity index (χ1n) is 9.83. The largest absolute Gasteiger partial charge is 0.449 e. The molecule has 0 aliphatic heterocycles. The molecule has 31 heavy (non-hydrogen) atoms. The number of anilines is 1. The van der Waals surface area contributed by atoms with Crippen molar-refractivity contribution in [2.24, 2.45) is 0 Å². The summed E-state index contributed by atoms with van der Waals surface area (Å²) >= 11 is 0. The molecule has 0 heterocycles. The lowest BCUT2D eigenvalue weighted by molar-refractivity contribution is -0.123. The average molecular weight is 443 g/mol. The van der Waals surface area contributed by atoms with E-state index in [1.165, 1.54) is 31.2 Å². The zero-order valence-corrected chi connectivity index (χ0v) is 18.5. The zero-order chi connectivity index (χ0) is 23.0. The second-order valence-electron chi connectivity index (χ2n) is 6.99. The monoisotopic (exact) mass is 442 g/mol. The molecule has 0 saturated heterocycles. The predicted octanol–water partition coefficient (Wildman–Crippen LogP) is 3.30. The Bertz CT molecular complexity index is 1070. The smallest absolute Gasteiger partial charge is 0.338 e. The minimum Gasteiger partial charge on any atom is -0.449 e. The molecule has 164 valence electrons. The Labute approximate surface area is 183 Å². The van der Waals surface area contributed by atoms with E-state index in [0.29, 0.717) is 5.69 Å². The van der Waals surface area contributed by atoms with Crippen molar-refractivity contribution < 1.29 is 22.7 Å². The van der Waals surface area contributed by atoms with Gasteiger partial charge in [0.1, 0.15) is 0 Å². The van der Waals surface area contributed by atoms with Crippen LogP contribution in [0.2, 0.25) is 0 Å². The highest BCUT2D eigenvalue weighted by atomic mass is 32.2. The number of rotatable bonds is 9. The Morgan fingerprint density at radius 2 is 1.74 bits per heavy atom. The van der Waals surface area contributed by atoms with Crippen LogP contribution in [-0.4, -0.2) is 32.9 Å². The maximum atomic E-state index is 12.5. The first kappa shape index (κ1) is 24.1. The third-order valence-electron chi connectivity index (χ3n) is 4.78. The first-order valence-corrected chi connectivity index (χ1v) is 11.3. The fourth-order valence-electron chi connectivity index (χ4n) is 2.77. The molecule has 2 aromatic carbocycles. The van der Waals surface area contributed by atoms with Gasteiger partial charge >= 0.3 is 5.97 Å². The molecule has 0 aromatic heterocycles. The van der Waals surface area contributed by atoms with Crippen LogP contribution in [0.25, 0.3) is 0 Å². The molecule has 0 saturated carbocycles. The third kappa shape index (κ3) is 6.41. The van der Waals surface area contributed by atoms with E-state index in [-0.39, 0.29) is 22.9 Å². The quantitative estimate of drug-likeness (QED) is 0.458. The molecule has 0 fully saturated rings. The Kier molecular flexibility index (Phi) is 8.37. The van der Waals surface area contributed by atoms with Crippen LogP contribution in [0.3, 0.4) is 0 Å². The summed E-state index contributed by atoms with van der Waals surface area (Å²) in [6, 6.07) is 12.7. The molecule has 1 amide bonds. The number of esters is 1. The standard InChI is InChI=1S/C23H26N2O5S/c1-5-15-24-31(28,29)19-13-11-18(12-14-19)23(27)30-17(4)22(26)25-21-10-8-7-9-20(21)16(3)6-2/h1,7-14,16-17,24H,6,15H2,2-4H3,(H,25,26). The van der Waals surface area contributed by atoms with Crippen molar-refractivity contribution in [1.82, 2.24) is 4.72 Å². The van der Waals surface area contributed by atoms with Crippen molar-refractivity contribution in [3.05, 3.63) is 59.7 Å². The molecule has 2 unspecified atom stereocenters. The van der Waals surface area contributed by atoms with Crippen molar-refractivity contribution in [3.8, 4) is 12.3 Å². The highest BCUT2D eigenvalue weighted by Gasteiger charge is 2.21. The van der Waals surface area contributed by atoms with Gasteiger partial charge in [0.2, 0.25) is 10.0 Å². The fraction of sp³-hybridized carbons (Fsp3) is 0.304. The number of amides is 1. The number of carbonyl (C=O) groups is 2. The summed E-state index contributed by atoms with van der Waals surface area (Å²) in [5, 5.41) is 2.81. The lowest BCUT2D eigenvalue weighted by Crippen LogP contribution is -2.30. The zero-order valence-electron chi connectivity index (χ0n) is 17.7. The van der Waals surface area contributed by atoms with Crippen LogP contribution in [0.4, 0.5) is 5.69 Å². The van der Waals surface area contributed by atoms with Gasteiger partial charge in [-0.25, -0.2) is 13.2 Å². The van der Waals surface area contributed by atoms with Crippen molar-refractivity contribution in [1.29, 1.82) is 0 Å². The van der Waals surface area contributed by atoms with Gasteiger partial charge in [0.15, 0.2) is 6.10 Å². The van der Waals surface area contributed by atoms with E-state index in [4.69, 9.17) is 11.2 Å². The Hall–Kier alpha value is -3.15. The average Bonchev–Trinajstić information content (AvgIpc) is 2.77. The fourth-order valence-corrected chi connectivity index (χ4v) is 3.70. The molecular formula is C23H26N2O5S. The Morgan fingerprint density at radius 3 is 2.35 bits per heavy atom. The second kappa shape index (κ2) is 10.8. The molecule has 0 aliphatic carbocycles. The molecule has 0 aliphatic rings. The van der Waals surface area contributed by atoms with Gasteiger partial charge in [0, 0.05) is 5.69 Å². The molecule has 2 rings (SSSR count). The molecule has 2 atom stereocenters. The van der Waals surface area contributed by atoms with Crippen LogP contribution < -0.4 is 10.0 Å². The SMILES string of the molecule is C#CCNS(=O)(=O)c1ccc(C(=O)OC(C)C(=O)Nc2ccccc2C(C)CC)cc1. The van der Waals surface area contributed by atoms with Gasteiger partial charge in [-0.2, -0.15) is 4.72 Å². The molecule has 8 heteroatoms. The molecule has 2 aromatic rings. The van der Waals surface area contributed by atoms with Crippen LogP contribution in [-0.2, 0) is 19.6 Å². The minimum atomic E-state index is -3.76. The Morgan fingerprint density at radius 1 is 1.10 bits per heavy atom. The van der Waals surface area contributed by atoms with E-state index in [2.05, 4.69) is 29.8 Å². The van der Waals surface area contributed by atoms with Gasteiger partial charge in [-0.05, 0) is 55.2 Å². The maximum absolute atomic E-state index is 12.5. The number of carbonyl (C=O) groups excluding carboxylic acids is 2. The summed E-state index contributed by atoms with van der Waals surface area (Å²) in [6.07, 6.45) is 4.93. The van der Waals surface area contributed by atoms with Crippen molar-refractivity contribution >= 4 is 27.6 Å². The van der Waals surface area contributed by atoms with Crippen LogP contribution in [0.5, 0.6) is 0 Å². The van der Waals surface area contributed by atoms with E-state index in [1.54, 1.807) is 6.07 Å². The molecule has 0 radical (unpaired) electrons. The number of nitrogens with one attached hydrogen (secondary N) is 2. The number of sulfonamides is 1. The number of ether oxygens (including phenoxy) is 1. The van der Waals surface area contributed by atoms with Crippen LogP contribution in [0.1, 0.15) is 49.0 Å². The molecular weight excluding hydrogens is 416 g/mol. The first-order chi connectivity index (χ1) is 14.7. The van der Waals surface area contributed by atoms with Gasteiger partial charge in [0.25, 0.3) is 5.91 Å². The molecule has 0 spiro atoms. The van der Waals surface area contributed by atoms with E-state index in [9.17, 15) is 18.0 Å². The van der Waals surface area contributed by atoms with Gasteiger partial charge in [-0.3, -0.25) is 4.79 Å². The predicted molar refractivity (Wildman–Crippen MR) is 119 cm³/mol. The number of hydrogen-bond acceptors (Lipinski definition) is 5. The van der Waals surface area contributed by atoms with Crippen LogP contribution in [0, 0.1) is 12.3 Å². The second-order valence-corrected chi connectivity index (χ2v) is 8.75. The normalized spacial score (nSPS) is 13.0. The highest BCUT2D eigenvalue weighted by molar-refractivity contribution is 7.89. The number of hydrogen-bond donors (Lipinski definition) is 2. The van der Waals surface area contributed by atoms with E-state index in [1.807, 2.05) is 18.2 Å². The summed E-state index contributed by atoms with van der Waals surface area (Å²) in [5.41, 5.74) is 1.81. The lowest BCUT2D eigenvalue weighted by Gasteiger charge is -2.18. The number of para-hydroxylation sites is 1. The van der Waals surface area contributed by atoms with Crippen molar-refractivity contribution in [3.63, 3.8) is 0 Å². The summed E-state index contributed by atoms with van der Waals surface area (Å²) in [4.78, 5) is 24.9. The van der Waals surface area contributed by atoms with Gasteiger partial charge < -0.3 is 10.1 Å². The molecule has 7 nitrogen and oxygen atoms in total. The summed E-state index contributed by atoms with van der Waals surface area (Å²) < 4.78 is 31.5. The lowest BCUT2D eigenvalue weighted by atomic mass is 9.97. The number of terminal acetylenes is 1. The van der Waals surface area contributed by atoms with Gasteiger partial charge in [0.05, 0.1) is 17.0 Å². The third-order valence-corrected chi connectivity index (χ3v) is 6.20. The highest BCUT2D eigenvalue weighted by Crippen LogP contribution is 2.26. The van der Waals surface area contributed by atoms with Crippen LogP contribution >= 0.6 is 0 Å². The molecule has 0 bridgehead atoms. The summed E-state index contributed by atoms with van der Waals surface area (Å²) in [6.45, 7) is 5.47. The Balaban J connectivity index is 2.04. The van der Waals surface area contributed by atoms with E-state index >= 15 is 0 Å². The number of benzene rings is 2. The van der Waals surface area contributed by atoms with E-state index in [0.717, 1.165) is 12.0 Å². The summed E-state index contributed by atoms with van der Waals surface area (Å²) in [7, 11) is -3.76. The van der Waals surface area contributed by atoms with Crippen LogP contribution in [0.15, 0.2) is 53.4 Å².